The molecule has 0 amide bonds. The number of aliphatic hydroxyl groups is 1. The van der Waals surface area contributed by atoms with Gasteiger partial charge in [0.15, 0.2) is 0 Å². The van der Waals surface area contributed by atoms with Crippen LogP contribution in [0.15, 0.2) is 12.7 Å². The van der Waals surface area contributed by atoms with Gasteiger partial charge in [0.25, 0.3) is 0 Å². The Morgan fingerprint density at radius 2 is 2.33 bits per heavy atom. The number of likely N-dealkylation sites (tertiary alicyclic amines) is 1. The molecule has 1 aliphatic rings. The zero-order valence-corrected chi connectivity index (χ0v) is 10.7. The molecule has 1 atom stereocenters. The quantitative estimate of drug-likeness (QED) is 0.694. The summed E-state index contributed by atoms with van der Waals surface area (Å²) in [6.45, 7) is 5.41. The lowest BCUT2D eigenvalue weighted by atomic mass is 9.98. The van der Waals surface area contributed by atoms with E-state index in [1.165, 1.54) is 12.8 Å². The number of hydrogen-bond donors (Lipinski definition) is 1. The van der Waals surface area contributed by atoms with E-state index >= 15 is 0 Å². The van der Waals surface area contributed by atoms with E-state index in [9.17, 15) is 0 Å². The summed E-state index contributed by atoms with van der Waals surface area (Å²) in [5.41, 5.74) is 0. The average molecular weight is 254 g/mol. The van der Waals surface area contributed by atoms with Gasteiger partial charge in [0, 0.05) is 19.6 Å². The van der Waals surface area contributed by atoms with E-state index in [1.807, 2.05) is 4.68 Å². The van der Waals surface area contributed by atoms with Crippen LogP contribution in [0.5, 0.6) is 0 Å². The fraction of sp³-hybridized carbons (Fsp3) is 0.833. The Labute approximate surface area is 108 Å². The molecule has 0 aliphatic carbocycles. The third kappa shape index (κ3) is 4.36. The van der Waals surface area contributed by atoms with Crippen molar-refractivity contribution < 1.29 is 9.84 Å². The molecule has 1 aliphatic heterocycles. The van der Waals surface area contributed by atoms with Gasteiger partial charge in [0.05, 0.1) is 19.8 Å². The van der Waals surface area contributed by atoms with Gasteiger partial charge in [0.2, 0.25) is 0 Å². The predicted molar refractivity (Wildman–Crippen MR) is 67.1 cm³/mol. The van der Waals surface area contributed by atoms with Crippen LogP contribution in [-0.4, -0.2) is 64.2 Å². The van der Waals surface area contributed by atoms with Crippen LogP contribution in [0.1, 0.15) is 12.8 Å². The first-order valence-electron chi connectivity index (χ1n) is 6.62. The molecule has 6 heteroatoms. The average Bonchev–Trinajstić information content (AvgIpc) is 2.88. The van der Waals surface area contributed by atoms with Gasteiger partial charge in [-0.3, -0.25) is 4.68 Å². The Hall–Kier alpha value is -0.980. The van der Waals surface area contributed by atoms with E-state index in [2.05, 4.69) is 15.0 Å². The van der Waals surface area contributed by atoms with Crippen LogP contribution in [0.3, 0.4) is 0 Å². The topological polar surface area (TPSA) is 63.4 Å². The Morgan fingerprint density at radius 3 is 3.11 bits per heavy atom. The van der Waals surface area contributed by atoms with Crippen molar-refractivity contribution in [3.8, 4) is 0 Å². The first-order chi connectivity index (χ1) is 8.88. The van der Waals surface area contributed by atoms with Gasteiger partial charge in [-0.05, 0) is 25.3 Å². The minimum Gasteiger partial charge on any atom is -0.394 e. The van der Waals surface area contributed by atoms with Gasteiger partial charge >= 0.3 is 0 Å². The van der Waals surface area contributed by atoms with Gasteiger partial charge in [0.1, 0.15) is 12.7 Å². The smallest absolute Gasteiger partial charge is 0.137 e. The van der Waals surface area contributed by atoms with E-state index < -0.39 is 0 Å². The normalized spacial score (nSPS) is 21.3. The Balaban J connectivity index is 1.67. The first kappa shape index (κ1) is 13.5. The second-order valence-electron chi connectivity index (χ2n) is 4.76. The Bertz CT molecular complexity index is 318. The summed E-state index contributed by atoms with van der Waals surface area (Å²) in [5, 5.41) is 12.8. The molecule has 1 N–H and O–H groups in total. The predicted octanol–water partition coefficient (Wildman–Crippen LogP) is -0.001000. The van der Waals surface area contributed by atoms with Crippen LogP contribution >= 0.6 is 0 Å². The molecule has 1 unspecified atom stereocenters. The molecule has 1 saturated heterocycles. The van der Waals surface area contributed by atoms with Crippen LogP contribution in [0.25, 0.3) is 0 Å². The maximum Gasteiger partial charge on any atom is 0.137 e. The summed E-state index contributed by atoms with van der Waals surface area (Å²) >= 11 is 0. The summed E-state index contributed by atoms with van der Waals surface area (Å²) in [6, 6.07) is 0. The summed E-state index contributed by atoms with van der Waals surface area (Å²) in [4.78, 5) is 6.40. The van der Waals surface area contributed by atoms with Crippen molar-refractivity contribution in [1.82, 2.24) is 19.7 Å². The highest BCUT2D eigenvalue weighted by Crippen LogP contribution is 2.17. The fourth-order valence-electron chi connectivity index (χ4n) is 2.46. The second kappa shape index (κ2) is 7.45. The molecule has 2 heterocycles. The number of aliphatic hydroxyl groups excluding tert-OH is 1. The molecular weight excluding hydrogens is 232 g/mol. The molecule has 1 aromatic heterocycles. The van der Waals surface area contributed by atoms with Crippen molar-refractivity contribution in [2.45, 2.75) is 19.4 Å². The fourth-order valence-corrected chi connectivity index (χ4v) is 2.46. The highest BCUT2D eigenvalue weighted by atomic mass is 16.5. The molecule has 1 aromatic rings. The largest absolute Gasteiger partial charge is 0.394 e. The van der Waals surface area contributed by atoms with Gasteiger partial charge in [-0.15, -0.1) is 0 Å². The summed E-state index contributed by atoms with van der Waals surface area (Å²) in [6.07, 6.45) is 5.86. The number of aromatic nitrogens is 3. The van der Waals surface area contributed by atoms with Gasteiger partial charge < -0.3 is 14.7 Å². The van der Waals surface area contributed by atoms with Crippen LogP contribution in [0.2, 0.25) is 0 Å². The lowest BCUT2D eigenvalue weighted by Gasteiger charge is -2.32. The lowest BCUT2D eigenvalue weighted by Crippen LogP contribution is -2.39. The summed E-state index contributed by atoms with van der Waals surface area (Å²) < 4.78 is 7.22. The van der Waals surface area contributed by atoms with Crippen molar-refractivity contribution in [3.63, 3.8) is 0 Å². The van der Waals surface area contributed by atoms with E-state index in [0.29, 0.717) is 19.1 Å². The molecule has 18 heavy (non-hydrogen) atoms. The number of ether oxygens (including phenoxy) is 1. The van der Waals surface area contributed by atoms with Crippen molar-refractivity contribution in [1.29, 1.82) is 0 Å². The van der Waals surface area contributed by atoms with Gasteiger partial charge in [-0.25, -0.2) is 4.98 Å². The third-order valence-electron chi connectivity index (χ3n) is 3.30. The van der Waals surface area contributed by atoms with E-state index in [4.69, 9.17) is 9.84 Å². The molecule has 0 spiro atoms. The molecule has 0 bridgehead atoms. The number of rotatable bonds is 7. The van der Waals surface area contributed by atoms with Crippen molar-refractivity contribution >= 4 is 0 Å². The van der Waals surface area contributed by atoms with Gasteiger partial charge in [-0.2, -0.15) is 5.10 Å². The summed E-state index contributed by atoms with van der Waals surface area (Å²) in [7, 11) is 0. The minimum atomic E-state index is 0.106. The van der Waals surface area contributed by atoms with Crippen molar-refractivity contribution in [2.24, 2.45) is 5.92 Å². The molecule has 6 nitrogen and oxygen atoms in total. The highest BCUT2D eigenvalue weighted by molar-refractivity contribution is 4.73. The number of nitrogens with zero attached hydrogens (tertiary/aromatic N) is 4. The van der Waals surface area contributed by atoms with Crippen LogP contribution in [-0.2, 0) is 11.3 Å². The van der Waals surface area contributed by atoms with E-state index in [1.54, 1.807) is 12.7 Å². The van der Waals surface area contributed by atoms with Crippen molar-refractivity contribution in [2.75, 3.05) is 39.5 Å². The zero-order chi connectivity index (χ0) is 12.6. The van der Waals surface area contributed by atoms with Gasteiger partial charge in [-0.1, -0.05) is 0 Å². The van der Waals surface area contributed by atoms with Crippen LogP contribution < -0.4 is 0 Å². The molecule has 0 saturated carbocycles. The monoisotopic (exact) mass is 254 g/mol. The van der Waals surface area contributed by atoms with E-state index in [0.717, 1.165) is 26.2 Å². The van der Waals surface area contributed by atoms with Crippen LogP contribution in [0.4, 0.5) is 0 Å². The molecular formula is C12H22N4O2. The molecule has 1 fully saturated rings. The first-order valence-corrected chi connectivity index (χ1v) is 6.62. The Kier molecular flexibility index (Phi) is 5.57. The van der Waals surface area contributed by atoms with Crippen molar-refractivity contribution in [3.05, 3.63) is 12.7 Å². The van der Waals surface area contributed by atoms with E-state index in [-0.39, 0.29) is 6.61 Å². The standard InChI is InChI=1S/C12H22N4O2/c17-5-7-18-6-4-15-3-1-2-12(8-15)9-16-11-13-10-14-16/h10-12,17H,1-9H2. The SMILES string of the molecule is OCCOCCN1CCCC(Cn2cncn2)C1. The molecule has 0 radical (unpaired) electrons. The lowest BCUT2D eigenvalue weighted by molar-refractivity contribution is 0.0607. The summed E-state index contributed by atoms with van der Waals surface area (Å²) in [5.74, 6) is 0.651. The third-order valence-corrected chi connectivity index (χ3v) is 3.30. The minimum absolute atomic E-state index is 0.106. The zero-order valence-electron chi connectivity index (χ0n) is 10.7. The molecule has 2 rings (SSSR count). The Morgan fingerprint density at radius 1 is 1.39 bits per heavy atom. The highest BCUT2D eigenvalue weighted by Gasteiger charge is 2.20. The maximum absolute atomic E-state index is 8.63. The second-order valence-corrected chi connectivity index (χ2v) is 4.76. The molecule has 0 aromatic carbocycles. The maximum atomic E-state index is 8.63. The van der Waals surface area contributed by atoms with Crippen LogP contribution in [0, 0.1) is 5.92 Å². The molecule has 102 valence electrons. The number of piperidine rings is 1. The number of hydrogen-bond acceptors (Lipinski definition) is 5.